The summed E-state index contributed by atoms with van der Waals surface area (Å²) in [5, 5.41) is 12.7. The molecule has 21 heavy (non-hydrogen) atoms. The van der Waals surface area contributed by atoms with Crippen molar-refractivity contribution in [3.8, 4) is 5.75 Å². The Hall–Kier alpha value is -1.20. The van der Waals surface area contributed by atoms with Gasteiger partial charge >= 0.3 is 5.97 Å². The second-order valence-electron chi connectivity index (χ2n) is 5.48. The van der Waals surface area contributed by atoms with Crippen LogP contribution < -0.4 is 10.1 Å². The van der Waals surface area contributed by atoms with Crippen LogP contribution in [-0.4, -0.2) is 41.8 Å². The Morgan fingerprint density at radius 2 is 2.14 bits per heavy atom. The van der Waals surface area contributed by atoms with Gasteiger partial charge in [-0.2, -0.15) is 0 Å². The summed E-state index contributed by atoms with van der Waals surface area (Å²) >= 11 is 0. The highest BCUT2D eigenvalue weighted by molar-refractivity contribution is 8.17. The third-order valence-corrected chi connectivity index (χ3v) is 7.39. The normalized spacial score (nSPS) is 28.2. The standard InChI is InChI=1S/C16H25NO3S/c1-4-20-12-5-7-13(8-6-12)21-10-9-11(2)15(21)14(17-3)16(18)19/h5-8,11,14-15,17,21H,4,9-10H2,1-3H3,(H,18,19)/t11-,14?,15-/m1/s1. The third kappa shape index (κ3) is 3.52. The second-order valence-corrected chi connectivity index (χ2v) is 7.98. The first-order valence-electron chi connectivity index (χ1n) is 7.48. The lowest BCUT2D eigenvalue weighted by Crippen LogP contribution is -2.45. The van der Waals surface area contributed by atoms with E-state index in [9.17, 15) is 9.90 Å². The zero-order chi connectivity index (χ0) is 15.4. The number of carbonyl (C=O) groups is 1. The van der Waals surface area contributed by atoms with Crippen LogP contribution in [0.15, 0.2) is 29.2 Å². The highest BCUT2D eigenvalue weighted by Crippen LogP contribution is 2.52. The van der Waals surface area contributed by atoms with Gasteiger partial charge in [0.05, 0.1) is 6.61 Å². The highest BCUT2D eigenvalue weighted by atomic mass is 32.2. The molecule has 0 amide bonds. The summed E-state index contributed by atoms with van der Waals surface area (Å²) in [4.78, 5) is 12.8. The number of aliphatic carboxylic acids is 1. The molecule has 1 aliphatic rings. The molecule has 2 unspecified atom stereocenters. The van der Waals surface area contributed by atoms with Gasteiger partial charge in [-0.05, 0) is 61.2 Å². The Balaban J connectivity index is 2.22. The van der Waals surface area contributed by atoms with Crippen LogP contribution >= 0.6 is 10.9 Å². The van der Waals surface area contributed by atoms with E-state index in [0.29, 0.717) is 12.5 Å². The van der Waals surface area contributed by atoms with Crippen LogP contribution in [0.2, 0.25) is 0 Å². The van der Waals surface area contributed by atoms with Gasteiger partial charge in [-0.3, -0.25) is 4.79 Å². The van der Waals surface area contributed by atoms with Crippen molar-refractivity contribution in [3.63, 3.8) is 0 Å². The zero-order valence-electron chi connectivity index (χ0n) is 12.9. The van der Waals surface area contributed by atoms with Crippen molar-refractivity contribution in [3.05, 3.63) is 24.3 Å². The summed E-state index contributed by atoms with van der Waals surface area (Å²) < 4.78 is 5.48. The molecule has 1 heterocycles. The molecule has 4 nitrogen and oxygen atoms in total. The van der Waals surface area contributed by atoms with Gasteiger partial charge in [0, 0.05) is 5.25 Å². The molecule has 0 radical (unpaired) electrons. The number of nitrogens with one attached hydrogen (secondary N) is 1. The van der Waals surface area contributed by atoms with Crippen LogP contribution in [0.4, 0.5) is 0 Å². The SMILES string of the molecule is CCOc1ccc([SH]2CC[C@@H](C)[C@@H]2C(NC)C(=O)O)cc1. The molecule has 1 aromatic rings. The molecule has 2 N–H and O–H groups in total. The Morgan fingerprint density at radius 1 is 1.48 bits per heavy atom. The number of thiol groups is 1. The molecule has 1 fully saturated rings. The number of hydrogen-bond acceptors (Lipinski definition) is 3. The highest BCUT2D eigenvalue weighted by Gasteiger charge is 2.40. The summed E-state index contributed by atoms with van der Waals surface area (Å²) in [6.45, 7) is 4.81. The topological polar surface area (TPSA) is 58.6 Å². The maximum atomic E-state index is 11.5. The fourth-order valence-corrected chi connectivity index (χ4v) is 6.64. The molecule has 1 saturated heterocycles. The molecular weight excluding hydrogens is 286 g/mol. The molecule has 1 aromatic carbocycles. The van der Waals surface area contributed by atoms with E-state index in [4.69, 9.17) is 4.74 Å². The summed E-state index contributed by atoms with van der Waals surface area (Å²) in [7, 11) is 1.30. The third-order valence-electron chi connectivity index (χ3n) is 4.17. The molecular formula is C16H25NO3S. The first-order chi connectivity index (χ1) is 10.1. The van der Waals surface area contributed by atoms with E-state index < -0.39 is 22.9 Å². The molecule has 0 bridgehead atoms. The monoisotopic (exact) mass is 311 g/mol. The lowest BCUT2D eigenvalue weighted by Gasteiger charge is -2.31. The van der Waals surface area contributed by atoms with Gasteiger partial charge < -0.3 is 15.2 Å². The van der Waals surface area contributed by atoms with E-state index >= 15 is 0 Å². The van der Waals surface area contributed by atoms with Crippen LogP contribution in [0.1, 0.15) is 20.3 Å². The average Bonchev–Trinajstić information content (AvgIpc) is 2.83. The van der Waals surface area contributed by atoms with Crippen LogP contribution in [0, 0.1) is 5.92 Å². The minimum Gasteiger partial charge on any atom is -0.494 e. The van der Waals surface area contributed by atoms with Crippen LogP contribution in [0.25, 0.3) is 0 Å². The summed E-state index contributed by atoms with van der Waals surface area (Å²) in [5.41, 5.74) is 0. The van der Waals surface area contributed by atoms with Crippen molar-refractivity contribution in [2.75, 3.05) is 19.4 Å². The molecule has 1 aliphatic heterocycles. The number of likely N-dealkylation sites (N-methyl/N-ethyl adjacent to an activating group) is 1. The fourth-order valence-electron chi connectivity index (χ4n) is 3.12. The second kappa shape index (κ2) is 7.18. The Labute approximate surface area is 129 Å². The number of carboxylic acids is 1. The van der Waals surface area contributed by atoms with E-state index in [1.54, 1.807) is 7.05 Å². The number of hydrogen-bond donors (Lipinski definition) is 3. The van der Waals surface area contributed by atoms with Gasteiger partial charge in [0.2, 0.25) is 0 Å². The molecule has 0 spiro atoms. The van der Waals surface area contributed by atoms with Crippen LogP contribution in [-0.2, 0) is 4.79 Å². The van der Waals surface area contributed by atoms with Crippen LogP contribution in [0.3, 0.4) is 0 Å². The Bertz CT molecular complexity index is 477. The largest absolute Gasteiger partial charge is 0.494 e. The zero-order valence-corrected chi connectivity index (χ0v) is 13.8. The van der Waals surface area contributed by atoms with Gasteiger partial charge in [0.15, 0.2) is 0 Å². The van der Waals surface area contributed by atoms with Crippen molar-refractivity contribution in [2.45, 2.75) is 36.5 Å². The molecule has 4 atom stereocenters. The lowest BCUT2D eigenvalue weighted by atomic mass is 9.99. The minimum absolute atomic E-state index is 0.195. The predicted octanol–water partition coefficient (Wildman–Crippen LogP) is 2.53. The maximum absolute atomic E-state index is 11.5. The average molecular weight is 311 g/mol. The van der Waals surface area contributed by atoms with Crippen molar-refractivity contribution < 1.29 is 14.6 Å². The number of ether oxygens (including phenoxy) is 1. The minimum atomic E-state index is -0.741. The van der Waals surface area contributed by atoms with Gasteiger partial charge in [0.1, 0.15) is 11.8 Å². The molecule has 0 aromatic heterocycles. The molecule has 5 heteroatoms. The summed E-state index contributed by atoms with van der Waals surface area (Å²) in [6.07, 6.45) is 1.11. The smallest absolute Gasteiger partial charge is 0.321 e. The van der Waals surface area contributed by atoms with Crippen molar-refractivity contribution >= 4 is 16.9 Å². The fraction of sp³-hybridized carbons (Fsp3) is 0.562. The van der Waals surface area contributed by atoms with Crippen molar-refractivity contribution in [1.82, 2.24) is 5.32 Å². The van der Waals surface area contributed by atoms with E-state index in [1.807, 2.05) is 19.1 Å². The maximum Gasteiger partial charge on any atom is 0.321 e. The lowest BCUT2D eigenvalue weighted by molar-refractivity contribution is -0.139. The Kier molecular flexibility index (Phi) is 5.53. The molecule has 2 rings (SSSR count). The first kappa shape index (κ1) is 16.2. The quantitative estimate of drug-likeness (QED) is 0.707. The van der Waals surface area contributed by atoms with E-state index in [-0.39, 0.29) is 5.25 Å². The van der Waals surface area contributed by atoms with E-state index in [2.05, 4.69) is 24.4 Å². The predicted molar refractivity (Wildman–Crippen MR) is 87.8 cm³/mol. The molecule has 0 aliphatic carbocycles. The van der Waals surface area contributed by atoms with Crippen molar-refractivity contribution in [2.24, 2.45) is 5.92 Å². The number of rotatable bonds is 6. The van der Waals surface area contributed by atoms with Crippen molar-refractivity contribution in [1.29, 1.82) is 0 Å². The van der Waals surface area contributed by atoms with Gasteiger partial charge in [-0.1, -0.05) is 6.92 Å². The summed E-state index contributed by atoms with van der Waals surface area (Å²) in [5.74, 6) is 1.69. The van der Waals surface area contributed by atoms with E-state index in [0.717, 1.165) is 17.9 Å². The number of carboxylic acid groups (broad SMARTS) is 1. The van der Waals surface area contributed by atoms with Crippen LogP contribution in [0.5, 0.6) is 5.75 Å². The van der Waals surface area contributed by atoms with Gasteiger partial charge in [0.25, 0.3) is 0 Å². The Morgan fingerprint density at radius 3 is 2.67 bits per heavy atom. The summed E-state index contributed by atoms with van der Waals surface area (Å²) in [6, 6.07) is 7.75. The van der Waals surface area contributed by atoms with E-state index in [1.165, 1.54) is 4.90 Å². The molecule has 118 valence electrons. The van der Waals surface area contributed by atoms with Gasteiger partial charge in [-0.15, -0.1) is 0 Å². The molecule has 0 saturated carbocycles. The number of benzene rings is 1. The first-order valence-corrected chi connectivity index (χ1v) is 9.07. The van der Waals surface area contributed by atoms with Gasteiger partial charge in [-0.25, -0.2) is 10.9 Å².